The Kier molecular flexibility index (Phi) is 4.14. The van der Waals surface area contributed by atoms with Crippen molar-refractivity contribution in [2.45, 2.75) is 32.5 Å². The topological polar surface area (TPSA) is 58.5 Å². The summed E-state index contributed by atoms with van der Waals surface area (Å²) in [6.07, 6.45) is -0.418. The smallest absolute Gasteiger partial charge is 0.0950 e. The molecule has 1 aromatic carbocycles. The Labute approximate surface area is 124 Å². The molecule has 2 atom stereocenters. The lowest BCUT2D eigenvalue weighted by Crippen LogP contribution is -2.42. The second-order valence-corrected chi connectivity index (χ2v) is 5.48. The lowest BCUT2D eigenvalue weighted by Gasteiger charge is -2.28. The van der Waals surface area contributed by atoms with Gasteiger partial charge in [-0.25, -0.2) is 9.97 Å². The minimum Gasteiger partial charge on any atom is -0.389 e. The van der Waals surface area contributed by atoms with E-state index >= 15 is 0 Å². The number of rotatable bonds is 4. The number of fused-ring (bicyclic) bond motifs is 1. The van der Waals surface area contributed by atoms with Gasteiger partial charge in [-0.15, -0.1) is 0 Å². The van der Waals surface area contributed by atoms with Gasteiger partial charge in [0.2, 0.25) is 0 Å². The average Bonchev–Trinajstić information content (AvgIpc) is 2.91. The maximum Gasteiger partial charge on any atom is 0.0950 e. The van der Waals surface area contributed by atoms with Gasteiger partial charge in [-0.05, 0) is 25.6 Å². The van der Waals surface area contributed by atoms with Crippen LogP contribution in [0.5, 0.6) is 0 Å². The third-order valence-corrected chi connectivity index (χ3v) is 4.09. The highest BCUT2D eigenvalue weighted by molar-refractivity contribution is 5.74. The van der Waals surface area contributed by atoms with Gasteiger partial charge in [0.25, 0.3) is 0 Å². The molecule has 2 heterocycles. The average molecular weight is 287 g/mol. The van der Waals surface area contributed by atoms with Crippen LogP contribution in [0.2, 0.25) is 0 Å². The van der Waals surface area contributed by atoms with Crippen molar-refractivity contribution in [1.82, 2.24) is 14.9 Å². The van der Waals surface area contributed by atoms with Crippen molar-refractivity contribution in [2.75, 3.05) is 19.8 Å². The maximum atomic E-state index is 10.0. The number of para-hydroxylation sites is 2. The highest BCUT2D eigenvalue weighted by atomic mass is 16.5. The number of aliphatic hydroxyl groups is 1. The molecule has 3 rings (SSSR count). The third-order valence-electron chi connectivity index (χ3n) is 4.09. The number of ether oxygens (including phenoxy) is 1. The molecule has 21 heavy (non-hydrogen) atoms. The predicted octanol–water partition coefficient (Wildman–Crippen LogP) is 1.52. The van der Waals surface area contributed by atoms with Crippen LogP contribution in [-0.4, -0.2) is 51.9 Å². The van der Waals surface area contributed by atoms with Crippen LogP contribution in [0.4, 0.5) is 0 Å². The summed E-state index contributed by atoms with van der Waals surface area (Å²) in [5.74, 6) is 0. The van der Waals surface area contributed by atoms with E-state index in [4.69, 9.17) is 9.72 Å². The molecule has 1 N–H and O–H groups in total. The van der Waals surface area contributed by atoms with Crippen LogP contribution in [0.25, 0.3) is 11.0 Å². The summed E-state index contributed by atoms with van der Waals surface area (Å²) in [7, 11) is 0. The quantitative estimate of drug-likeness (QED) is 0.924. The summed E-state index contributed by atoms with van der Waals surface area (Å²) in [5, 5.41) is 10.0. The number of nitrogens with zero attached hydrogens (tertiary/aromatic N) is 3. The molecule has 5 nitrogen and oxygen atoms in total. The highest BCUT2D eigenvalue weighted by Gasteiger charge is 2.31. The van der Waals surface area contributed by atoms with Gasteiger partial charge in [-0.3, -0.25) is 4.90 Å². The van der Waals surface area contributed by atoms with Crippen molar-refractivity contribution >= 4 is 11.0 Å². The molecule has 0 saturated carbocycles. The lowest BCUT2D eigenvalue weighted by atomic mass is 10.1. The molecular formula is C16H21N3O2. The largest absolute Gasteiger partial charge is 0.389 e. The van der Waals surface area contributed by atoms with Gasteiger partial charge in [0.15, 0.2) is 0 Å². The first-order valence-electron chi connectivity index (χ1n) is 7.41. The summed E-state index contributed by atoms with van der Waals surface area (Å²) in [4.78, 5) is 11.6. The number of likely N-dealkylation sites (N-methyl/N-ethyl adjacent to an activating group) is 1. The van der Waals surface area contributed by atoms with Crippen molar-refractivity contribution in [3.63, 3.8) is 0 Å². The monoisotopic (exact) mass is 287 g/mol. The van der Waals surface area contributed by atoms with Crippen molar-refractivity contribution in [3.8, 4) is 0 Å². The van der Waals surface area contributed by atoms with Gasteiger partial charge in [0.05, 0.1) is 47.8 Å². The number of hydrogen-bond donors (Lipinski definition) is 1. The minimum atomic E-state index is -0.418. The van der Waals surface area contributed by atoms with Crippen molar-refractivity contribution < 1.29 is 9.84 Å². The van der Waals surface area contributed by atoms with Crippen molar-refractivity contribution in [1.29, 1.82) is 0 Å². The summed E-state index contributed by atoms with van der Waals surface area (Å²) in [6.45, 7) is 6.61. The van der Waals surface area contributed by atoms with Crippen LogP contribution in [0.3, 0.4) is 0 Å². The maximum absolute atomic E-state index is 10.0. The van der Waals surface area contributed by atoms with Crippen LogP contribution < -0.4 is 0 Å². The first-order valence-corrected chi connectivity index (χ1v) is 7.41. The fourth-order valence-electron chi connectivity index (χ4n) is 2.81. The van der Waals surface area contributed by atoms with E-state index < -0.39 is 6.10 Å². The molecule has 0 amide bonds. The molecule has 1 fully saturated rings. The normalized spacial score (nSPS) is 22.3. The van der Waals surface area contributed by atoms with E-state index in [1.54, 1.807) is 0 Å². The Balaban J connectivity index is 1.87. The molecule has 0 radical (unpaired) electrons. The Morgan fingerprint density at radius 2 is 1.95 bits per heavy atom. The van der Waals surface area contributed by atoms with Crippen LogP contribution in [0.1, 0.15) is 18.3 Å². The van der Waals surface area contributed by atoms with Gasteiger partial charge >= 0.3 is 0 Å². The molecule has 0 spiro atoms. The minimum absolute atomic E-state index is 0.0441. The van der Waals surface area contributed by atoms with Gasteiger partial charge in [0.1, 0.15) is 0 Å². The van der Waals surface area contributed by atoms with Crippen molar-refractivity contribution in [3.05, 3.63) is 35.7 Å². The fraction of sp³-hybridized carbons (Fsp3) is 0.500. The van der Waals surface area contributed by atoms with Crippen LogP contribution in [0, 0.1) is 6.92 Å². The van der Waals surface area contributed by atoms with Gasteiger partial charge in [-0.1, -0.05) is 19.1 Å². The van der Waals surface area contributed by atoms with Crippen LogP contribution in [0.15, 0.2) is 24.3 Å². The third kappa shape index (κ3) is 2.90. The molecule has 2 aromatic rings. The molecule has 112 valence electrons. The molecule has 1 aromatic heterocycles. The first-order chi connectivity index (χ1) is 10.2. The zero-order valence-electron chi connectivity index (χ0n) is 12.5. The fourth-order valence-corrected chi connectivity index (χ4v) is 2.81. The summed E-state index contributed by atoms with van der Waals surface area (Å²) >= 11 is 0. The lowest BCUT2D eigenvalue weighted by molar-refractivity contribution is 0.0800. The molecule has 0 unspecified atom stereocenters. The second-order valence-electron chi connectivity index (χ2n) is 5.48. The van der Waals surface area contributed by atoms with E-state index in [2.05, 4.69) is 16.8 Å². The number of aliphatic hydroxyl groups excluding tert-OH is 1. The number of benzene rings is 1. The van der Waals surface area contributed by atoms with Gasteiger partial charge in [0, 0.05) is 6.54 Å². The van der Waals surface area contributed by atoms with E-state index in [9.17, 15) is 5.11 Å². The zero-order chi connectivity index (χ0) is 14.8. The van der Waals surface area contributed by atoms with E-state index in [1.807, 2.05) is 31.2 Å². The number of aryl methyl sites for hydroxylation is 1. The molecular weight excluding hydrogens is 266 g/mol. The Morgan fingerprint density at radius 3 is 2.57 bits per heavy atom. The Morgan fingerprint density at radius 1 is 1.24 bits per heavy atom. The number of hydrogen-bond acceptors (Lipinski definition) is 5. The zero-order valence-corrected chi connectivity index (χ0v) is 12.5. The van der Waals surface area contributed by atoms with E-state index in [0.717, 1.165) is 29.0 Å². The summed E-state index contributed by atoms with van der Waals surface area (Å²) < 4.78 is 5.36. The molecule has 0 bridgehead atoms. The summed E-state index contributed by atoms with van der Waals surface area (Å²) in [6, 6.07) is 7.95. The molecule has 1 saturated heterocycles. The summed E-state index contributed by atoms with van der Waals surface area (Å²) in [5.41, 5.74) is 3.75. The molecule has 0 aliphatic carbocycles. The van der Waals surface area contributed by atoms with E-state index in [0.29, 0.717) is 19.8 Å². The predicted molar refractivity (Wildman–Crippen MR) is 81.0 cm³/mol. The molecule has 1 aliphatic rings. The van der Waals surface area contributed by atoms with Crippen LogP contribution in [-0.2, 0) is 11.3 Å². The van der Waals surface area contributed by atoms with Gasteiger partial charge in [-0.2, -0.15) is 0 Å². The first kappa shape index (κ1) is 14.4. The van der Waals surface area contributed by atoms with Gasteiger partial charge < -0.3 is 9.84 Å². The standard InChI is InChI=1S/C16H21N3O2/c1-3-19(15-9-21-10-16(15)20)8-14-11(2)17-12-6-4-5-7-13(12)18-14/h4-7,15-16,20H,3,8-10H2,1-2H3/t15-,16-/m0/s1. The SMILES string of the molecule is CCN(Cc1nc2ccccc2nc1C)[C@H]1COC[C@@H]1O. The Hall–Kier alpha value is -1.56. The number of aromatic nitrogens is 2. The van der Waals surface area contributed by atoms with Crippen molar-refractivity contribution in [2.24, 2.45) is 0 Å². The Bertz CT molecular complexity index is 632. The van der Waals surface area contributed by atoms with Crippen LogP contribution >= 0.6 is 0 Å². The molecule has 1 aliphatic heterocycles. The molecule has 5 heteroatoms. The van der Waals surface area contributed by atoms with E-state index in [-0.39, 0.29) is 6.04 Å². The second kappa shape index (κ2) is 6.05. The highest BCUT2D eigenvalue weighted by Crippen LogP contribution is 2.18. The van der Waals surface area contributed by atoms with E-state index in [1.165, 1.54) is 0 Å².